The average molecular weight is 501 g/mol. The first-order chi connectivity index (χ1) is 17.3. The molecule has 1 aromatic heterocycles. The fourth-order valence-corrected chi connectivity index (χ4v) is 3.84. The Kier molecular flexibility index (Phi) is 7.62. The third-order valence-corrected chi connectivity index (χ3v) is 5.68. The number of nitrogens with zero attached hydrogens (tertiary/aromatic N) is 2. The van der Waals surface area contributed by atoms with Crippen LogP contribution in [-0.4, -0.2) is 34.8 Å². The first kappa shape index (κ1) is 24.9. The smallest absolute Gasteiger partial charge is 0.320 e. The molecule has 12 heteroatoms. The van der Waals surface area contributed by atoms with Crippen LogP contribution in [0, 0.1) is 17.6 Å². The van der Waals surface area contributed by atoms with E-state index in [0.29, 0.717) is 38.0 Å². The largest absolute Gasteiger partial charge is 0.487 e. The normalized spacial score (nSPS) is 17.3. The second-order valence-corrected chi connectivity index (χ2v) is 8.18. The lowest BCUT2D eigenvalue weighted by Gasteiger charge is -2.28. The maximum atomic E-state index is 15.2. The van der Waals surface area contributed by atoms with Gasteiger partial charge in [-0.2, -0.15) is 0 Å². The van der Waals surface area contributed by atoms with E-state index in [1.165, 1.54) is 36.4 Å². The summed E-state index contributed by atoms with van der Waals surface area (Å²) in [4.78, 5) is 24.5. The number of carbonyl (C=O) groups excluding carboxylic acids is 2. The number of halogens is 2. The van der Waals surface area contributed by atoms with Gasteiger partial charge in [0.1, 0.15) is 11.5 Å². The third kappa shape index (κ3) is 5.88. The van der Waals surface area contributed by atoms with Gasteiger partial charge in [-0.25, -0.2) is 8.78 Å². The lowest BCUT2D eigenvalue weighted by molar-refractivity contribution is -0.149. The van der Waals surface area contributed by atoms with Crippen LogP contribution in [0.3, 0.4) is 0 Å². The molecule has 3 aromatic rings. The molecule has 4 rings (SSSR count). The van der Waals surface area contributed by atoms with E-state index in [1.54, 1.807) is 6.92 Å². The summed E-state index contributed by atoms with van der Waals surface area (Å²) in [6.45, 7) is 2.09. The van der Waals surface area contributed by atoms with Crippen molar-refractivity contribution in [2.45, 2.75) is 38.7 Å². The maximum Gasteiger partial charge on any atom is 0.320 e. The van der Waals surface area contributed by atoms with Gasteiger partial charge in [0.2, 0.25) is 0 Å². The zero-order valence-electron chi connectivity index (χ0n) is 19.4. The van der Waals surface area contributed by atoms with E-state index in [2.05, 4.69) is 20.8 Å². The number of hydrogen-bond donors (Lipinski definition) is 3. The third-order valence-electron chi connectivity index (χ3n) is 5.68. The summed E-state index contributed by atoms with van der Waals surface area (Å²) in [5.41, 5.74) is 6.03. The highest BCUT2D eigenvalue weighted by molar-refractivity contribution is 6.03. The Morgan fingerprint density at radius 2 is 1.81 bits per heavy atom. The molecule has 1 aliphatic rings. The first-order valence-corrected chi connectivity index (χ1v) is 11.4. The number of amides is 1. The van der Waals surface area contributed by atoms with Crippen molar-refractivity contribution in [1.29, 1.82) is 0 Å². The number of hydrogen-bond acceptors (Lipinski definition) is 9. The quantitative estimate of drug-likeness (QED) is 0.302. The van der Waals surface area contributed by atoms with Crippen molar-refractivity contribution in [3.05, 3.63) is 53.9 Å². The molecule has 4 N–H and O–H groups in total. The molecule has 0 atom stereocenters. The van der Waals surface area contributed by atoms with Crippen molar-refractivity contribution in [3.8, 4) is 5.75 Å². The van der Waals surface area contributed by atoms with E-state index in [4.69, 9.17) is 19.6 Å². The van der Waals surface area contributed by atoms with Crippen molar-refractivity contribution in [3.63, 3.8) is 0 Å². The molecule has 0 unspecified atom stereocenters. The molecule has 0 spiro atoms. The number of esters is 1. The molecule has 0 aliphatic heterocycles. The number of nitrogen functional groups attached to an aromatic ring is 1. The Morgan fingerprint density at radius 3 is 2.50 bits per heavy atom. The van der Waals surface area contributed by atoms with Gasteiger partial charge >= 0.3 is 23.8 Å². The Bertz CT molecular complexity index is 1230. The van der Waals surface area contributed by atoms with Crippen LogP contribution in [-0.2, 0) is 9.53 Å². The van der Waals surface area contributed by atoms with E-state index in [9.17, 15) is 14.0 Å². The molecule has 10 nitrogen and oxygen atoms in total. The van der Waals surface area contributed by atoms with Crippen LogP contribution in [0.15, 0.2) is 40.8 Å². The van der Waals surface area contributed by atoms with Gasteiger partial charge in [0.05, 0.1) is 24.3 Å². The molecule has 0 saturated heterocycles. The zero-order chi connectivity index (χ0) is 25.7. The predicted octanol–water partition coefficient (Wildman–Crippen LogP) is 4.43. The highest BCUT2D eigenvalue weighted by atomic mass is 19.1. The van der Waals surface area contributed by atoms with Crippen LogP contribution in [0.1, 0.15) is 43.3 Å². The maximum absolute atomic E-state index is 15.2. The molecule has 1 heterocycles. The van der Waals surface area contributed by atoms with E-state index in [0.717, 1.165) is 0 Å². The van der Waals surface area contributed by atoms with Crippen LogP contribution in [0.2, 0.25) is 0 Å². The molecule has 0 bridgehead atoms. The monoisotopic (exact) mass is 501 g/mol. The second-order valence-electron chi connectivity index (χ2n) is 8.18. The predicted molar refractivity (Wildman–Crippen MR) is 126 cm³/mol. The fourth-order valence-electron chi connectivity index (χ4n) is 3.84. The summed E-state index contributed by atoms with van der Waals surface area (Å²) in [5, 5.41) is 12.4. The number of nitrogens with two attached hydrogens (primary N) is 1. The van der Waals surface area contributed by atoms with Gasteiger partial charge in [-0.1, -0.05) is 5.10 Å². The molecule has 1 aliphatic carbocycles. The summed E-state index contributed by atoms with van der Waals surface area (Å²) in [7, 11) is 0. The number of aromatic nitrogens is 2. The van der Waals surface area contributed by atoms with Crippen LogP contribution in [0.5, 0.6) is 5.75 Å². The number of nitrogens with one attached hydrogen (secondary N) is 2. The molecular formula is C24H25F2N5O5. The van der Waals surface area contributed by atoms with Gasteiger partial charge in [0.15, 0.2) is 11.6 Å². The van der Waals surface area contributed by atoms with Gasteiger partial charge in [-0.3, -0.25) is 9.59 Å². The molecule has 1 saturated carbocycles. The highest BCUT2D eigenvalue weighted by Crippen LogP contribution is 2.34. The minimum atomic E-state index is -0.882. The molecule has 36 heavy (non-hydrogen) atoms. The van der Waals surface area contributed by atoms with Crippen LogP contribution in [0.4, 0.5) is 31.9 Å². The Hall–Kier alpha value is -4.22. The summed E-state index contributed by atoms with van der Waals surface area (Å²) < 4.78 is 44.4. The van der Waals surface area contributed by atoms with Crippen LogP contribution < -0.4 is 21.1 Å². The molecule has 190 valence electrons. The van der Waals surface area contributed by atoms with E-state index in [-0.39, 0.29) is 41.1 Å². The topological polar surface area (TPSA) is 142 Å². The fraction of sp³-hybridized carbons (Fsp3) is 0.333. The number of anilines is 4. The van der Waals surface area contributed by atoms with Gasteiger partial charge in [0, 0.05) is 5.69 Å². The average Bonchev–Trinajstić information content (AvgIpc) is 3.34. The molecular weight excluding hydrogens is 476 g/mol. The van der Waals surface area contributed by atoms with Gasteiger partial charge in [0.25, 0.3) is 0 Å². The van der Waals surface area contributed by atoms with Gasteiger partial charge in [-0.15, -0.1) is 5.10 Å². The Balaban J connectivity index is 1.39. The zero-order valence-corrected chi connectivity index (χ0v) is 19.4. The van der Waals surface area contributed by atoms with Crippen LogP contribution in [0.25, 0.3) is 0 Å². The number of rotatable bonds is 8. The van der Waals surface area contributed by atoms with Crippen molar-refractivity contribution >= 4 is 35.0 Å². The van der Waals surface area contributed by atoms with E-state index < -0.39 is 23.4 Å². The number of carbonyl (C=O) groups is 2. The Morgan fingerprint density at radius 1 is 1.08 bits per heavy atom. The molecule has 2 aromatic carbocycles. The molecule has 1 amide bonds. The summed E-state index contributed by atoms with van der Waals surface area (Å²) in [6.07, 6.45) is 1.97. The lowest BCUT2D eigenvalue weighted by atomic mass is 9.87. The minimum Gasteiger partial charge on any atom is -0.487 e. The summed E-state index contributed by atoms with van der Waals surface area (Å²) in [6, 6.07) is 8.05. The molecule has 1 fully saturated rings. The second kappa shape index (κ2) is 11.0. The standard InChI is InChI=1S/C24H25F2N5O5/c1-2-34-23(33)13-3-9-16(10-4-13)35-18-12-11-17(27)20(19(18)26)29-21(32)22-30-31-24(36-22)28-15-7-5-14(25)6-8-15/h5-8,11-13,16H,2-4,9-10,27H2,1H3,(H,28,31)(H,29,32)/t13-,16-. The van der Waals surface area contributed by atoms with Crippen molar-refractivity contribution < 1.29 is 32.3 Å². The number of ether oxygens (including phenoxy) is 2. The first-order valence-electron chi connectivity index (χ1n) is 11.4. The molecule has 0 radical (unpaired) electrons. The SMILES string of the molecule is CCOC(=O)[C@H]1CC[C@H](Oc2ccc(N)c(NC(=O)c3nnc(Nc4ccc(F)cc4)o3)c2F)CC1. The van der Waals surface area contributed by atoms with Gasteiger partial charge < -0.3 is 30.3 Å². The van der Waals surface area contributed by atoms with Crippen molar-refractivity contribution in [1.82, 2.24) is 10.2 Å². The van der Waals surface area contributed by atoms with Crippen molar-refractivity contribution in [2.75, 3.05) is 23.0 Å². The highest BCUT2D eigenvalue weighted by Gasteiger charge is 2.29. The number of benzene rings is 2. The Labute approximate surface area is 205 Å². The summed E-state index contributed by atoms with van der Waals surface area (Å²) >= 11 is 0. The van der Waals surface area contributed by atoms with E-state index >= 15 is 4.39 Å². The lowest BCUT2D eigenvalue weighted by Crippen LogP contribution is -2.29. The van der Waals surface area contributed by atoms with Gasteiger partial charge in [-0.05, 0) is 69.0 Å². The van der Waals surface area contributed by atoms with Crippen molar-refractivity contribution in [2.24, 2.45) is 5.92 Å². The summed E-state index contributed by atoms with van der Waals surface area (Å²) in [5.74, 6) is -3.08. The van der Waals surface area contributed by atoms with E-state index in [1.807, 2.05) is 0 Å². The minimum absolute atomic E-state index is 0.0246. The van der Waals surface area contributed by atoms with Crippen LogP contribution >= 0.6 is 0 Å².